The number of nitrogens with one attached hydrogen (secondary N) is 3. The molecule has 2 heterocycles. The number of benzene rings is 1. The van der Waals surface area contributed by atoms with Gasteiger partial charge in [-0.15, -0.1) is 12.4 Å². The Morgan fingerprint density at radius 1 is 1.32 bits per heavy atom. The van der Waals surface area contributed by atoms with Crippen molar-refractivity contribution in [1.82, 2.24) is 20.7 Å². The van der Waals surface area contributed by atoms with E-state index in [0.29, 0.717) is 0 Å². The second-order valence-electron chi connectivity index (χ2n) is 4.56. The standard InChI is InChI=1S/C12H15N5O.ClH/c18-12(8-2-1-5-13-7-8)14-9-3-4-10-11(6-9)16-17-15-10;/h3-4,6,8,13H,1-2,5,7H2,(H,14,18)(H,15,16,17);1H. The zero-order valence-corrected chi connectivity index (χ0v) is 11.2. The molecule has 1 aliphatic heterocycles. The summed E-state index contributed by atoms with van der Waals surface area (Å²) in [6, 6.07) is 5.51. The second kappa shape index (κ2) is 5.99. The van der Waals surface area contributed by atoms with Crippen LogP contribution in [0.15, 0.2) is 18.2 Å². The van der Waals surface area contributed by atoms with Gasteiger partial charge in [-0.3, -0.25) is 4.79 Å². The molecular formula is C12H16ClN5O. The van der Waals surface area contributed by atoms with E-state index in [1.165, 1.54) is 0 Å². The third-order valence-electron chi connectivity index (χ3n) is 3.25. The first kappa shape index (κ1) is 13.8. The molecule has 3 rings (SSSR count). The number of halogens is 1. The number of nitrogens with zero attached hydrogens (tertiary/aromatic N) is 2. The molecule has 102 valence electrons. The van der Waals surface area contributed by atoms with Crippen molar-refractivity contribution in [2.45, 2.75) is 12.8 Å². The molecule has 1 fully saturated rings. The van der Waals surface area contributed by atoms with Crippen molar-refractivity contribution in [2.24, 2.45) is 5.92 Å². The zero-order chi connectivity index (χ0) is 12.4. The average molecular weight is 282 g/mol. The van der Waals surface area contributed by atoms with E-state index in [4.69, 9.17) is 0 Å². The maximum Gasteiger partial charge on any atom is 0.228 e. The molecule has 0 spiro atoms. The van der Waals surface area contributed by atoms with E-state index < -0.39 is 0 Å². The van der Waals surface area contributed by atoms with Crippen LogP contribution in [0.3, 0.4) is 0 Å². The maximum absolute atomic E-state index is 12.0. The molecule has 2 aromatic rings. The molecule has 1 aromatic carbocycles. The molecule has 0 aliphatic carbocycles. The SMILES string of the molecule is Cl.O=C(Nc1ccc2n[nH]nc2c1)C1CCCNC1. The van der Waals surface area contributed by atoms with Crippen LogP contribution in [0.4, 0.5) is 5.69 Å². The molecule has 19 heavy (non-hydrogen) atoms. The van der Waals surface area contributed by atoms with Crippen molar-refractivity contribution in [3.63, 3.8) is 0 Å². The van der Waals surface area contributed by atoms with Gasteiger partial charge in [0.25, 0.3) is 0 Å². The molecule has 1 atom stereocenters. The van der Waals surface area contributed by atoms with E-state index in [-0.39, 0.29) is 24.2 Å². The number of carbonyl (C=O) groups excluding carboxylic acids is 1. The monoisotopic (exact) mass is 281 g/mol. The zero-order valence-electron chi connectivity index (χ0n) is 10.3. The number of hydrogen-bond donors (Lipinski definition) is 3. The summed E-state index contributed by atoms with van der Waals surface area (Å²) in [7, 11) is 0. The van der Waals surface area contributed by atoms with Gasteiger partial charge in [0, 0.05) is 12.2 Å². The van der Waals surface area contributed by atoms with Crippen LogP contribution >= 0.6 is 12.4 Å². The van der Waals surface area contributed by atoms with E-state index in [0.717, 1.165) is 42.7 Å². The summed E-state index contributed by atoms with van der Waals surface area (Å²) in [5.74, 6) is 0.136. The van der Waals surface area contributed by atoms with Gasteiger partial charge >= 0.3 is 0 Å². The highest BCUT2D eigenvalue weighted by Gasteiger charge is 2.20. The van der Waals surface area contributed by atoms with E-state index >= 15 is 0 Å². The number of rotatable bonds is 2. The van der Waals surface area contributed by atoms with Gasteiger partial charge in [0.05, 0.1) is 5.92 Å². The first-order valence-corrected chi connectivity index (χ1v) is 6.15. The summed E-state index contributed by atoms with van der Waals surface area (Å²) in [5, 5.41) is 16.7. The summed E-state index contributed by atoms with van der Waals surface area (Å²) in [6.45, 7) is 1.77. The van der Waals surface area contributed by atoms with E-state index in [9.17, 15) is 4.79 Å². The van der Waals surface area contributed by atoms with Gasteiger partial charge in [0.15, 0.2) is 0 Å². The highest BCUT2D eigenvalue weighted by molar-refractivity contribution is 5.94. The fourth-order valence-corrected chi connectivity index (χ4v) is 2.24. The van der Waals surface area contributed by atoms with E-state index in [2.05, 4.69) is 26.0 Å². The summed E-state index contributed by atoms with van der Waals surface area (Å²) < 4.78 is 0. The molecule has 1 amide bonds. The molecule has 0 saturated carbocycles. The molecule has 1 aliphatic rings. The first-order valence-electron chi connectivity index (χ1n) is 6.15. The van der Waals surface area contributed by atoms with Crippen LogP contribution in [0.2, 0.25) is 0 Å². The molecule has 6 nitrogen and oxygen atoms in total. The lowest BCUT2D eigenvalue weighted by Crippen LogP contribution is -2.37. The predicted molar refractivity (Wildman–Crippen MR) is 75.4 cm³/mol. The first-order chi connectivity index (χ1) is 8.83. The van der Waals surface area contributed by atoms with Gasteiger partial charge in [0.1, 0.15) is 11.0 Å². The fourth-order valence-electron chi connectivity index (χ4n) is 2.24. The lowest BCUT2D eigenvalue weighted by Gasteiger charge is -2.21. The van der Waals surface area contributed by atoms with Gasteiger partial charge in [-0.25, -0.2) is 0 Å². The van der Waals surface area contributed by atoms with E-state index in [1.54, 1.807) is 0 Å². The third kappa shape index (κ3) is 3.02. The van der Waals surface area contributed by atoms with Crippen molar-refractivity contribution in [1.29, 1.82) is 0 Å². The molecule has 0 bridgehead atoms. The molecule has 7 heteroatoms. The number of hydrogen-bond acceptors (Lipinski definition) is 4. The second-order valence-corrected chi connectivity index (χ2v) is 4.56. The Balaban J connectivity index is 0.00000133. The van der Waals surface area contributed by atoms with Crippen molar-refractivity contribution in [3.8, 4) is 0 Å². The number of amides is 1. The van der Waals surface area contributed by atoms with Gasteiger partial charge in [-0.05, 0) is 37.6 Å². The molecule has 1 saturated heterocycles. The number of piperidine rings is 1. The Hall–Kier alpha value is -1.66. The number of aromatic nitrogens is 3. The molecule has 1 unspecified atom stereocenters. The lowest BCUT2D eigenvalue weighted by atomic mass is 9.99. The summed E-state index contributed by atoms with van der Waals surface area (Å²) in [6.07, 6.45) is 2.01. The van der Waals surface area contributed by atoms with Crippen molar-refractivity contribution in [2.75, 3.05) is 18.4 Å². The minimum Gasteiger partial charge on any atom is -0.326 e. The van der Waals surface area contributed by atoms with Gasteiger partial charge in [-0.2, -0.15) is 15.4 Å². The largest absolute Gasteiger partial charge is 0.326 e. The topological polar surface area (TPSA) is 82.7 Å². The van der Waals surface area contributed by atoms with Gasteiger partial charge < -0.3 is 10.6 Å². The fraction of sp³-hybridized carbons (Fsp3) is 0.417. The Kier molecular flexibility index (Phi) is 4.34. The Morgan fingerprint density at radius 2 is 2.16 bits per heavy atom. The Bertz CT molecular complexity index is 564. The molecule has 0 radical (unpaired) electrons. The molecular weight excluding hydrogens is 266 g/mol. The minimum atomic E-state index is 0. The normalized spacial score (nSPS) is 18.8. The lowest BCUT2D eigenvalue weighted by molar-refractivity contribution is -0.120. The molecule has 3 N–H and O–H groups in total. The number of fused-ring (bicyclic) bond motifs is 1. The average Bonchev–Trinajstić information content (AvgIpc) is 2.87. The van der Waals surface area contributed by atoms with Gasteiger partial charge in [0.2, 0.25) is 5.91 Å². The summed E-state index contributed by atoms with van der Waals surface area (Å²) >= 11 is 0. The van der Waals surface area contributed by atoms with Crippen LogP contribution in [0.25, 0.3) is 11.0 Å². The number of anilines is 1. The van der Waals surface area contributed by atoms with Crippen LogP contribution in [0, 0.1) is 5.92 Å². The number of aromatic amines is 1. The predicted octanol–water partition coefficient (Wildman–Crippen LogP) is 1.32. The van der Waals surface area contributed by atoms with Crippen molar-refractivity contribution >= 4 is 35.0 Å². The highest BCUT2D eigenvalue weighted by atomic mass is 35.5. The van der Waals surface area contributed by atoms with Gasteiger partial charge in [-0.1, -0.05) is 0 Å². The third-order valence-corrected chi connectivity index (χ3v) is 3.25. The number of H-pyrrole nitrogens is 1. The van der Waals surface area contributed by atoms with Crippen LogP contribution < -0.4 is 10.6 Å². The number of carbonyl (C=O) groups is 1. The summed E-state index contributed by atoms with van der Waals surface area (Å²) in [5.41, 5.74) is 2.33. The minimum absolute atomic E-state index is 0. The van der Waals surface area contributed by atoms with E-state index in [1.807, 2.05) is 18.2 Å². The van der Waals surface area contributed by atoms with Crippen LogP contribution in [-0.2, 0) is 4.79 Å². The van der Waals surface area contributed by atoms with Crippen molar-refractivity contribution in [3.05, 3.63) is 18.2 Å². The summed E-state index contributed by atoms with van der Waals surface area (Å²) in [4.78, 5) is 12.0. The smallest absolute Gasteiger partial charge is 0.228 e. The quantitative estimate of drug-likeness (QED) is 0.775. The van der Waals surface area contributed by atoms with Crippen molar-refractivity contribution < 1.29 is 4.79 Å². The van der Waals surface area contributed by atoms with Crippen LogP contribution in [-0.4, -0.2) is 34.4 Å². The highest BCUT2D eigenvalue weighted by Crippen LogP contribution is 2.17. The Labute approximate surface area is 116 Å². The molecule has 1 aromatic heterocycles. The van der Waals surface area contributed by atoms with Crippen LogP contribution in [0.5, 0.6) is 0 Å². The Morgan fingerprint density at radius 3 is 2.95 bits per heavy atom. The maximum atomic E-state index is 12.0. The van der Waals surface area contributed by atoms with Crippen LogP contribution in [0.1, 0.15) is 12.8 Å².